The van der Waals surface area contributed by atoms with E-state index in [0.29, 0.717) is 48.9 Å². The molecule has 0 aromatic rings. The van der Waals surface area contributed by atoms with Crippen molar-refractivity contribution in [2.24, 2.45) is 52.3 Å². The van der Waals surface area contributed by atoms with Gasteiger partial charge in [-0.2, -0.15) is 0 Å². The molecule has 1 spiro atoms. The molecule has 1 heterocycles. The summed E-state index contributed by atoms with van der Waals surface area (Å²) in [6.45, 7) is 4.62. The lowest BCUT2D eigenvalue weighted by Gasteiger charge is -2.61. The second kappa shape index (κ2) is 5.98. The third-order valence-corrected chi connectivity index (χ3v) is 10.5. The van der Waals surface area contributed by atoms with E-state index in [1.54, 1.807) is 0 Å². The average Bonchev–Trinajstić information content (AvgIpc) is 3.41. The summed E-state index contributed by atoms with van der Waals surface area (Å²) >= 11 is 0. The van der Waals surface area contributed by atoms with Gasteiger partial charge in [0.25, 0.3) is 0 Å². The Kier molecular flexibility index (Phi) is 3.80. The molecule has 30 heavy (non-hydrogen) atoms. The first-order valence-electron chi connectivity index (χ1n) is 11.8. The monoisotopic (exact) mass is 412 g/mol. The van der Waals surface area contributed by atoms with E-state index in [-0.39, 0.29) is 46.5 Å². The normalized spacial score (nSPS) is 53.2. The van der Waals surface area contributed by atoms with Crippen LogP contribution in [-0.4, -0.2) is 30.9 Å². The molecule has 0 N–H and O–H groups in total. The molecule has 5 fully saturated rings. The van der Waals surface area contributed by atoms with Crippen LogP contribution >= 0.6 is 0 Å². The van der Waals surface area contributed by atoms with Gasteiger partial charge in [0.15, 0.2) is 5.78 Å². The van der Waals surface area contributed by atoms with E-state index in [4.69, 9.17) is 9.47 Å². The average molecular weight is 413 g/mol. The summed E-state index contributed by atoms with van der Waals surface area (Å²) in [5.41, 5.74) is 1.24. The summed E-state index contributed by atoms with van der Waals surface area (Å²) in [5, 5.41) is 0. The van der Waals surface area contributed by atoms with E-state index in [1.165, 1.54) is 19.1 Å². The zero-order valence-corrected chi connectivity index (χ0v) is 18.2. The van der Waals surface area contributed by atoms with Crippen LogP contribution < -0.4 is 0 Å². The molecule has 0 radical (unpaired) electrons. The standard InChI is InChI=1S/C25H32O5/c1-12-8-20(27)30-19-5-4-17-21-16(23(28)29-3)10-13-9-14(26)6-7-24(13,2)22(21)15-11-18(15)25(12,17)19/h9,12,15-19,21-22H,4-8,10-11H2,1-3H3/t12-,15-,16-,17?,18+,19?,21?,22?,24?,25?/m1/s1. The maximum atomic E-state index is 13.1. The fourth-order valence-electron chi connectivity index (χ4n) is 9.51. The number of esters is 2. The van der Waals surface area contributed by atoms with Gasteiger partial charge in [0, 0.05) is 18.3 Å². The van der Waals surface area contributed by atoms with Gasteiger partial charge >= 0.3 is 11.9 Å². The van der Waals surface area contributed by atoms with Gasteiger partial charge in [0.05, 0.1) is 13.0 Å². The van der Waals surface area contributed by atoms with Gasteiger partial charge in [-0.05, 0) is 79.1 Å². The van der Waals surface area contributed by atoms with Crippen molar-refractivity contribution in [3.8, 4) is 0 Å². The number of methoxy groups -OCH3 is 1. The van der Waals surface area contributed by atoms with Gasteiger partial charge in [0.2, 0.25) is 0 Å². The third-order valence-electron chi connectivity index (χ3n) is 10.5. The maximum Gasteiger partial charge on any atom is 0.309 e. The molecule has 4 saturated carbocycles. The minimum Gasteiger partial charge on any atom is -0.469 e. The summed E-state index contributed by atoms with van der Waals surface area (Å²) in [7, 11) is 1.49. The first-order valence-corrected chi connectivity index (χ1v) is 11.8. The largest absolute Gasteiger partial charge is 0.469 e. The predicted molar refractivity (Wildman–Crippen MR) is 108 cm³/mol. The van der Waals surface area contributed by atoms with Crippen LogP contribution in [0.3, 0.4) is 0 Å². The maximum absolute atomic E-state index is 13.1. The Morgan fingerprint density at radius 2 is 2.00 bits per heavy atom. The van der Waals surface area contributed by atoms with Crippen molar-refractivity contribution >= 4 is 17.7 Å². The second-order valence-electron chi connectivity index (χ2n) is 11.3. The van der Waals surface area contributed by atoms with Crippen LogP contribution in [0.1, 0.15) is 58.8 Å². The smallest absolute Gasteiger partial charge is 0.309 e. The van der Waals surface area contributed by atoms with E-state index in [0.717, 1.165) is 19.3 Å². The minimum absolute atomic E-state index is 0.0107. The van der Waals surface area contributed by atoms with Crippen molar-refractivity contribution < 1.29 is 23.9 Å². The van der Waals surface area contributed by atoms with Crippen molar-refractivity contribution in [3.05, 3.63) is 11.6 Å². The number of hydrogen-bond acceptors (Lipinski definition) is 5. The Labute approximate surface area is 177 Å². The summed E-state index contributed by atoms with van der Waals surface area (Å²) in [6.07, 6.45) is 7.71. The van der Waals surface area contributed by atoms with E-state index in [2.05, 4.69) is 13.8 Å². The van der Waals surface area contributed by atoms with Crippen molar-refractivity contribution in [1.82, 2.24) is 0 Å². The summed E-state index contributed by atoms with van der Waals surface area (Å²) in [4.78, 5) is 37.6. The highest BCUT2D eigenvalue weighted by Gasteiger charge is 2.77. The molecular weight excluding hydrogens is 380 g/mol. The van der Waals surface area contributed by atoms with Crippen LogP contribution in [0.15, 0.2) is 11.6 Å². The number of rotatable bonds is 1. The lowest BCUT2D eigenvalue weighted by Crippen LogP contribution is -2.61. The van der Waals surface area contributed by atoms with Crippen LogP contribution in [0.2, 0.25) is 0 Å². The lowest BCUT2D eigenvalue weighted by molar-refractivity contribution is -0.197. The van der Waals surface area contributed by atoms with Crippen molar-refractivity contribution in [2.45, 2.75) is 64.9 Å². The third kappa shape index (κ3) is 2.12. The fourth-order valence-corrected chi connectivity index (χ4v) is 9.51. The molecule has 5 heteroatoms. The first-order chi connectivity index (χ1) is 14.3. The zero-order chi connectivity index (χ0) is 21.0. The molecule has 0 aromatic carbocycles. The summed E-state index contributed by atoms with van der Waals surface area (Å²) < 4.78 is 11.3. The van der Waals surface area contributed by atoms with Gasteiger partial charge in [-0.15, -0.1) is 0 Å². The molecule has 10 atom stereocenters. The van der Waals surface area contributed by atoms with Crippen LogP contribution in [0.5, 0.6) is 0 Å². The minimum atomic E-state index is -0.183. The number of ketones is 1. The van der Waals surface area contributed by atoms with Crippen LogP contribution in [0.4, 0.5) is 0 Å². The first kappa shape index (κ1) is 19.1. The van der Waals surface area contributed by atoms with E-state index in [9.17, 15) is 14.4 Å². The van der Waals surface area contributed by atoms with Crippen molar-refractivity contribution in [1.29, 1.82) is 0 Å². The van der Waals surface area contributed by atoms with Gasteiger partial charge in [-0.1, -0.05) is 19.4 Å². The van der Waals surface area contributed by atoms with E-state index >= 15 is 0 Å². The molecule has 5 nitrogen and oxygen atoms in total. The summed E-state index contributed by atoms with van der Waals surface area (Å²) in [6, 6.07) is 0. The Morgan fingerprint density at radius 3 is 2.77 bits per heavy atom. The van der Waals surface area contributed by atoms with E-state index < -0.39 is 0 Å². The molecule has 1 saturated heterocycles. The fraction of sp³-hybridized carbons (Fsp3) is 0.800. The van der Waals surface area contributed by atoms with Gasteiger partial charge < -0.3 is 9.47 Å². The molecule has 6 unspecified atom stereocenters. The van der Waals surface area contributed by atoms with Gasteiger partial charge in [-0.3, -0.25) is 14.4 Å². The molecular formula is C25H32O5. The predicted octanol–water partition coefficient (Wildman–Crippen LogP) is 3.71. The molecule has 0 amide bonds. The molecule has 0 bridgehead atoms. The highest BCUT2D eigenvalue weighted by molar-refractivity contribution is 5.92. The van der Waals surface area contributed by atoms with Crippen molar-refractivity contribution in [2.75, 3.05) is 7.11 Å². The zero-order valence-electron chi connectivity index (χ0n) is 18.2. The highest BCUT2D eigenvalue weighted by Crippen LogP contribution is 2.79. The second-order valence-corrected chi connectivity index (χ2v) is 11.3. The van der Waals surface area contributed by atoms with Gasteiger partial charge in [0.1, 0.15) is 6.10 Å². The molecule has 0 aromatic heterocycles. The van der Waals surface area contributed by atoms with Crippen LogP contribution in [0, 0.1) is 52.3 Å². The summed E-state index contributed by atoms with van der Waals surface area (Å²) in [5.74, 6) is 2.42. The Morgan fingerprint density at radius 1 is 1.20 bits per heavy atom. The van der Waals surface area contributed by atoms with Gasteiger partial charge in [-0.25, -0.2) is 0 Å². The number of allylic oxidation sites excluding steroid dienone is 1. The Bertz CT molecular complexity index is 875. The number of fused-ring (bicyclic) bond motifs is 6. The number of carbonyl (C=O) groups excluding carboxylic acids is 3. The lowest BCUT2D eigenvalue weighted by atomic mass is 9.43. The molecule has 6 rings (SSSR count). The van der Waals surface area contributed by atoms with Crippen molar-refractivity contribution in [3.63, 3.8) is 0 Å². The Hall–Kier alpha value is -1.65. The molecule has 6 aliphatic rings. The topological polar surface area (TPSA) is 69.7 Å². The van der Waals surface area contributed by atoms with E-state index in [1.807, 2.05) is 6.08 Å². The highest BCUT2D eigenvalue weighted by atomic mass is 16.5. The number of hydrogen-bond donors (Lipinski definition) is 0. The molecule has 5 aliphatic carbocycles. The molecule has 162 valence electrons. The number of ether oxygens (including phenoxy) is 2. The van der Waals surface area contributed by atoms with Crippen LogP contribution in [-0.2, 0) is 23.9 Å². The SMILES string of the molecule is COC(=O)[C@@H]1CC2=CC(=O)CCC2(C)C2C1C1CCC3OC(=O)C[C@@H](C)C31[C@H]1C[C@@H]21. The quantitative estimate of drug-likeness (QED) is 0.614. The number of carbonyl (C=O) groups is 3. The molecule has 1 aliphatic heterocycles. The Balaban J connectivity index is 1.50. The van der Waals surface area contributed by atoms with Crippen LogP contribution in [0.25, 0.3) is 0 Å².